The second kappa shape index (κ2) is 12.6. The standard InChI is InChI=1S/C33H41N5O6/c1-33(2,3)44-32(40)37-14-12-36(13-15-37)21-27-28(42-6)16-23(17-29(27)43-7)26-20-35(4)31(39)30-25(26)18-34-38(30)19-22-8-10-24(41-5)11-9-22/h8-11,16-18,20H,12-15,19,21H2,1-7H3. The summed E-state index contributed by atoms with van der Waals surface area (Å²) in [4.78, 5) is 29.9. The molecule has 1 fully saturated rings. The summed E-state index contributed by atoms with van der Waals surface area (Å²) in [5.74, 6) is 2.13. The number of piperazine rings is 1. The van der Waals surface area contributed by atoms with E-state index < -0.39 is 5.60 Å². The van der Waals surface area contributed by atoms with Crippen LogP contribution in [0, 0.1) is 0 Å². The lowest BCUT2D eigenvalue weighted by Gasteiger charge is -2.36. The third kappa shape index (κ3) is 6.52. The van der Waals surface area contributed by atoms with Crippen LogP contribution >= 0.6 is 0 Å². The molecule has 0 atom stereocenters. The quantitative estimate of drug-likeness (QED) is 0.290. The fourth-order valence-electron chi connectivity index (χ4n) is 5.48. The van der Waals surface area contributed by atoms with Gasteiger partial charge in [0.25, 0.3) is 5.56 Å². The average molecular weight is 604 g/mol. The van der Waals surface area contributed by atoms with Crippen molar-refractivity contribution in [1.82, 2.24) is 24.1 Å². The Bertz CT molecular complexity index is 1670. The Morgan fingerprint density at radius 3 is 2.11 bits per heavy atom. The summed E-state index contributed by atoms with van der Waals surface area (Å²) in [6.07, 6.45) is 3.29. The molecule has 0 saturated carbocycles. The van der Waals surface area contributed by atoms with Gasteiger partial charge in [-0.25, -0.2) is 4.79 Å². The number of hydrogen-bond donors (Lipinski definition) is 0. The van der Waals surface area contributed by atoms with Crippen molar-refractivity contribution in [2.24, 2.45) is 7.05 Å². The van der Waals surface area contributed by atoms with Gasteiger partial charge in [-0.15, -0.1) is 0 Å². The van der Waals surface area contributed by atoms with E-state index in [9.17, 15) is 9.59 Å². The van der Waals surface area contributed by atoms with Gasteiger partial charge in [0.15, 0.2) is 0 Å². The lowest BCUT2D eigenvalue weighted by molar-refractivity contribution is 0.0138. The maximum absolute atomic E-state index is 13.3. The van der Waals surface area contributed by atoms with Crippen LogP contribution in [0.15, 0.2) is 53.6 Å². The number of rotatable bonds is 8. The van der Waals surface area contributed by atoms with E-state index in [1.165, 1.54) is 0 Å². The number of aromatic nitrogens is 3. The minimum absolute atomic E-state index is 0.129. The zero-order chi connectivity index (χ0) is 31.6. The molecule has 0 unspecified atom stereocenters. The topological polar surface area (TPSA) is 100 Å². The van der Waals surface area contributed by atoms with Gasteiger partial charge >= 0.3 is 6.09 Å². The van der Waals surface area contributed by atoms with Crippen LogP contribution in [0.4, 0.5) is 4.79 Å². The molecule has 11 heteroatoms. The minimum Gasteiger partial charge on any atom is -0.497 e. The zero-order valence-electron chi connectivity index (χ0n) is 26.5. The molecule has 2 aromatic carbocycles. The highest BCUT2D eigenvalue weighted by Gasteiger charge is 2.27. The average Bonchev–Trinajstić information content (AvgIpc) is 3.42. The highest BCUT2D eigenvalue weighted by molar-refractivity contribution is 5.94. The molecule has 1 amide bonds. The number of nitrogens with zero attached hydrogens (tertiary/aromatic N) is 5. The van der Waals surface area contributed by atoms with E-state index >= 15 is 0 Å². The molecule has 2 aromatic heterocycles. The first-order chi connectivity index (χ1) is 21.0. The van der Waals surface area contributed by atoms with Crippen LogP contribution in [0.3, 0.4) is 0 Å². The smallest absolute Gasteiger partial charge is 0.410 e. The van der Waals surface area contributed by atoms with Crippen LogP contribution in [-0.4, -0.2) is 83.4 Å². The second-order valence-electron chi connectivity index (χ2n) is 12.0. The molecular weight excluding hydrogens is 562 g/mol. The molecule has 1 aliphatic rings. The van der Waals surface area contributed by atoms with Crippen molar-refractivity contribution in [1.29, 1.82) is 0 Å². The van der Waals surface area contributed by atoms with Crippen LogP contribution in [-0.2, 0) is 24.9 Å². The lowest BCUT2D eigenvalue weighted by atomic mass is 10.00. The number of aryl methyl sites for hydroxylation is 1. The zero-order valence-corrected chi connectivity index (χ0v) is 26.5. The highest BCUT2D eigenvalue weighted by atomic mass is 16.6. The Morgan fingerprint density at radius 2 is 1.55 bits per heavy atom. The molecule has 0 radical (unpaired) electrons. The molecular formula is C33H41N5O6. The number of carbonyl (C=O) groups excluding carboxylic acids is 1. The largest absolute Gasteiger partial charge is 0.497 e. The number of pyridine rings is 1. The Labute approximate surface area is 257 Å². The monoisotopic (exact) mass is 603 g/mol. The third-order valence-corrected chi connectivity index (χ3v) is 7.79. The van der Waals surface area contributed by atoms with Crippen molar-refractivity contribution in [3.05, 3.63) is 70.3 Å². The highest BCUT2D eigenvalue weighted by Crippen LogP contribution is 2.38. The van der Waals surface area contributed by atoms with E-state index in [4.69, 9.17) is 18.9 Å². The number of carbonyl (C=O) groups is 1. The van der Waals surface area contributed by atoms with Crippen molar-refractivity contribution in [2.75, 3.05) is 47.5 Å². The number of hydrogen-bond acceptors (Lipinski definition) is 8. The van der Waals surface area contributed by atoms with Crippen molar-refractivity contribution in [3.63, 3.8) is 0 Å². The number of amides is 1. The predicted molar refractivity (Wildman–Crippen MR) is 169 cm³/mol. The Kier molecular flexibility index (Phi) is 8.87. The summed E-state index contributed by atoms with van der Waals surface area (Å²) < 4.78 is 25.9. The summed E-state index contributed by atoms with van der Waals surface area (Å²) in [6.45, 7) is 9.21. The summed E-state index contributed by atoms with van der Waals surface area (Å²) in [7, 11) is 6.67. The second-order valence-corrected chi connectivity index (χ2v) is 12.0. The molecule has 0 N–H and O–H groups in total. The SMILES string of the molecule is COc1ccc(Cn2ncc3c(-c4cc(OC)c(CN5CCN(C(=O)OC(C)(C)C)CC5)c(OC)c4)cn(C)c(=O)c32)cc1. The predicted octanol–water partition coefficient (Wildman–Crippen LogP) is 4.53. The number of ether oxygens (including phenoxy) is 4. The number of fused-ring (bicyclic) bond motifs is 1. The normalized spacial score (nSPS) is 14.1. The molecule has 234 valence electrons. The Balaban J connectivity index is 1.43. The van der Waals surface area contributed by atoms with Gasteiger partial charge in [-0.2, -0.15) is 5.10 Å². The van der Waals surface area contributed by atoms with E-state index in [0.29, 0.717) is 56.3 Å². The van der Waals surface area contributed by atoms with Gasteiger partial charge in [-0.05, 0) is 56.2 Å². The molecule has 0 aliphatic carbocycles. The van der Waals surface area contributed by atoms with Crippen molar-refractivity contribution >= 4 is 17.0 Å². The lowest BCUT2D eigenvalue weighted by Crippen LogP contribution is -2.49. The first-order valence-electron chi connectivity index (χ1n) is 14.6. The first-order valence-corrected chi connectivity index (χ1v) is 14.6. The van der Waals surface area contributed by atoms with E-state index in [0.717, 1.165) is 33.4 Å². The van der Waals surface area contributed by atoms with Gasteiger partial charge in [0, 0.05) is 56.9 Å². The summed E-state index contributed by atoms with van der Waals surface area (Å²) in [6, 6.07) is 11.7. The van der Waals surface area contributed by atoms with Gasteiger partial charge < -0.3 is 28.4 Å². The van der Waals surface area contributed by atoms with E-state index in [-0.39, 0.29) is 11.7 Å². The van der Waals surface area contributed by atoms with Gasteiger partial charge in [0.1, 0.15) is 28.4 Å². The first kappa shape index (κ1) is 30.9. The summed E-state index contributed by atoms with van der Waals surface area (Å²) in [5.41, 5.74) is 3.48. The molecule has 0 bridgehead atoms. The van der Waals surface area contributed by atoms with Crippen LogP contribution in [0.5, 0.6) is 17.2 Å². The Morgan fingerprint density at radius 1 is 0.909 bits per heavy atom. The minimum atomic E-state index is -0.525. The van der Waals surface area contributed by atoms with Crippen LogP contribution in [0.2, 0.25) is 0 Å². The molecule has 3 heterocycles. The van der Waals surface area contributed by atoms with E-state index in [1.54, 1.807) is 48.7 Å². The fraction of sp³-hybridized carbons (Fsp3) is 0.424. The maximum atomic E-state index is 13.3. The van der Waals surface area contributed by atoms with Crippen molar-refractivity contribution in [3.8, 4) is 28.4 Å². The molecule has 44 heavy (non-hydrogen) atoms. The van der Waals surface area contributed by atoms with Crippen LogP contribution < -0.4 is 19.8 Å². The fourth-order valence-corrected chi connectivity index (χ4v) is 5.48. The molecule has 1 aliphatic heterocycles. The Hall–Kier alpha value is -4.51. The van der Waals surface area contributed by atoms with Gasteiger partial charge in [-0.1, -0.05) is 12.1 Å². The van der Waals surface area contributed by atoms with Gasteiger partial charge in [0.2, 0.25) is 0 Å². The molecule has 0 spiro atoms. The molecule has 5 rings (SSSR count). The van der Waals surface area contributed by atoms with E-state index in [1.807, 2.05) is 63.4 Å². The van der Waals surface area contributed by atoms with Crippen LogP contribution in [0.1, 0.15) is 31.9 Å². The molecule has 1 saturated heterocycles. The number of benzene rings is 2. The summed E-state index contributed by atoms with van der Waals surface area (Å²) >= 11 is 0. The third-order valence-electron chi connectivity index (χ3n) is 7.79. The number of methoxy groups -OCH3 is 3. The van der Waals surface area contributed by atoms with Crippen molar-refractivity contribution < 1.29 is 23.7 Å². The van der Waals surface area contributed by atoms with E-state index in [2.05, 4.69) is 10.00 Å². The van der Waals surface area contributed by atoms with Crippen molar-refractivity contribution in [2.45, 2.75) is 39.5 Å². The molecule has 11 nitrogen and oxygen atoms in total. The molecule has 4 aromatic rings. The van der Waals surface area contributed by atoms with Crippen LogP contribution in [0.25, 0.3) is 22.0 Å². The summed E-state index contributed by atoms with van der Waals surface area (Å²) in [5, 5.41) is 5.35. The maximum Gasteiger partial charge on any atom is 0.410 e. The van der Waals surface area contributed by atoms with Gasteiger partial charge in [0.05, 0.1) is 39.6 Å². The van der Waals surface area contributed by atoms with Gasteiger partial charge in [-0.3, -0.25) is 14.4 Å².